The summed E-state index contributed by atoms with van der Waals surface area (Å²) in [4.78, 5) is 26.8. The van der Waals surface area contributed by atoms with Crippen molar-refractivity contribution in [2.45, 2.75) is 13.8 Å². The van der Waals surface area contributed by atoms with E-state index in [1.165, 1.54) is 18.5 Å². The molecule has 0 aliphatic carbocycles. The number of benzene rings is 1. The van der Waals surface area contributed by atoms with Crippen LogP contribution < -0.4 is 5.32 Å². The summed E-state index contributed by atoms with van der Waals surface area (Å²) in [6, 6.07) is 6.84. The predicted octanol–water partition coefficient (Wildman–Crippen LogP) is 2.65. The van der Waals surface area contributed by atoms with Gasteiger partial charge in [-0.3, -0.25) is 9.78 Å². The second-order valence-corrected chi connectivity index (χ2v) is 4.47. The molecule has 0 fully saturated rings. The minimum absolute atomic E-state index is 0.0313. The minimum atomic E-state index is -1.08. The maximum Gasteiger partial charge on any atom is 0.337 e. The molecule has 1 heterocycles. The number of carbonyl (C=O) groups is 2. The molecule has 1 aromatic carbocycles. The van der Waals surface area contributed by atoms with Gasteiger partial charge in [-0.15, -0.1) is 0 Å². The summed E-state index contributed by atoms with van der Waals surface area (Å²) < 4.78 is 0. The van der Waals surface area contributed by atoms with Crippen LogP contribution in [0.1, 0.15) is 31.8 Å². The topological polar surface area (TPSA) is 79.3 Å². The van der Waals surface area contributed by atoms with Gasteiger partial charge >= 0.3 is 5.97 Å². The summed E-state index contributed by atoms with van der Waals surface area (Å²) in [6.45, 7) is 3.80. The summed E-state index contributed by atoms with van der Waals surface area (Å²) in [5, 5.41) is 11.5. The lowest BCUT2D eigenvalue weighted by molar-refractivity contribution is 0.0696. The van der Waals surface area contributed by atoms with Crippen molar-refractivity contribution in [3.8, 4) is 0 Å². The van der Waals surface area contributed by atoms with Crippen LogP contribution in [0.3, 0.4) is 0 Å². The van der Waals surface area contributed by atoms with Crippen LogP contribution in [0.5, 0.6) is 0 Å². The van der Waals surface area contributed by atoms with E-state index in [0.29, 0.717) is 11.3 Å². The van der Waals surface area contributed by atoms with Crippen molar-refractivity contribution in [3.63, 3.8) is 0 Å². The van der Waals surface area contributed by atoms with Gasteiger partial charge in [0.2, 0.25) is 0 Å². The van der Waals surface area contributed by atoms with Crippen LogP contribution in [0.2, 0.25) is 0 Å². The molecular weight excluding hydrogens is 256 g/mol. The molecule has 102 valence electrons. The fourth-order valence-corrected chi connectivity index (χ4v) is 1.82. The third-order valence-corrected chi connectivity index (χ3v) is 3.09. The Bertz CT molecular complexity index is 681. The molecule has 2 aromatic rings. The van der Waals surface area contributed by atoms with E-state index in [-0.39, 0.29) is 11.5 Å². The number of pyridine rings is 1. The second-order valence-electron chi connectivity index (χ2n) is 4.47. The predicted molar refractivity (Wildman–Crippen MR) is 75.1 cm³/mol. The minimum Gasteiger partial charge on any atom is -0.478 e. The maximum atomic E-state index is 12.2. The Morgan fingerprint density at radius 2 is 1.95 bits per heavy atom. The van der Waals surface area contributed by atoms with Gasteiger partial charge in [-0.2, -0.15) is 0 Å². The first-order chi connectivity index (χ1) is 9.49. The molecule has 0 aliphatic rings. The molecule has 1 amide bonds. The van der Waals surface area contributed by atoms with Crippen molar-refractivity contribution in [2.24, 2.45) is 0 Å². The van der Waals surface area contributed by atoms with Crippen molar-refractivity contribution in [2.75, 3.05) is 5.32 Å². The van der Waals surface area contributed by atoms with E-state index in [9.17, 15) is 9.59 Å². The largest absolute Gasteiger partial charge is 0.478 e. The Morgan fingerprint density at radius 1 is 1.20 bits per heavy atom. The number of hydrogen-bond acceptors (Lipinski definition) is 3. The molecular formula is C15H14N2O3. The van der Waals surface area contributed by atoms with Gasteiger partial charge in [0.15, 0.2) is 0 Å². The van der Waals surface area contributed by atoms with Crippen LogP contribution in [-0.4, -0.2) is 22.0 Å². The lowest BCUT2D eigenvalue weighted by Crippen LogP contribution is -2.14. The number of amides is 1. The molecule has 5 heteroatoms. The number of rotatable bonds is 3. The third-order valence-electron chi connectivity index (χ3n) is 3.09. The number of carbonyl (C=O) groups excluding carboxylic acids is 1. The first-order valence-corrected chi connectivity index (χ1v) is 6.05. The highest BCUT2D eigenvalue weighted by molar-refractivity contribution is 6.05. The van der Waals surface area contributed by atoms with Crippen molar-refractivity contribution < 1.29 is 14.7 Å². The lowest BCUT2D eigenvalue weighted by atomic mass is 10.0. The molecule has 0 bridgehead atoms. The first-order valence-electron chi connectivity index (χ1n) is 6.05. The van der Waals surface area contributed by atoms with Crippen LogP contribution in [0.25, 0.3) is 0 Å². The van der Waals surface area contributed by atoms with Crippen LogP contribution in [-0.2, 0) is 0 Å². The number of hydrogen-bond donors (Lipinski definition) is 2. The average Bonchev–Trinajstić information content (AvgIpc) is 2.42. The zero-order valence-corrected chi connectivity index (χ0v) is 11.2. The molecule has 0 spiro atoms. The van der Waals surface area contributed by atoms with E-state index in [2.05, 4.69) is 10.3 Å². The highest BCUT2D eigenvalue weighted by atomic mass is 16.4. The van der Waals surface area contributed by atoms with E-state index in [1.54, 1.807) is 6.07 Å². The molecule has 20 heavy (non-hydrogen) atoms. The number of nitrogens with zero attached hydrogens (tertiary/aromatic N) is 1. The molecule has 0 unspecified atom stereocenters. The SMILES string of the molecule is Cc1cccc(C(=O)Nc2cncc(C(=O)O)c2)c1C. The Kier molecular flexibility index (Phi) is 3.79. The van der Waals surface area contributed by atoms with Crippen LogP contribution in [0.4, 0.5) is 5.69 Å². The van der Waals surface area contributed by atoms with Gasteiger partial charge in [0.25, 0.3) is 5.91 Å². The number of aryl methyl sites for hydroxylation is 1. The number of carboxylic acids is 1. The van der Waals surface area contributed by atoms with E-state index in [1.807, 2.05) is 26.0 Å². The highest BCUT2D eigenvalue weighted by Crippen LogP contribution is 2.15. The third kappa shape index (κ3) is 2.83. The number of aromatic nitrogens is 1. The molecule has 0 saturated carbocycles. The summed E-state index contributed by atoms with van der Waals surface area (Å²) in [5.41, 5.74) is 2.87. The Morgan fingerprint density at radius 3 is 2.65 bits per heavy atom. The van der Waals surface area contributed by atoms with E-state index in [4.69, 9.17) is 5.11 Å². The monoisotopic (exact) mass is 270 g/mol. The van der Waals surface area contributed by atoms with Crippen LogP contribution in [0.15, 0.2) is 36.7 Å². The van der Waals surface area contributed by atoms with Crippen molar-refractivity contribution in [3.05, 3.63) is 58.9 Å². The summed E-state index contributed by atoms with van der Waals surface area (Å²) >= 11 is 0. The smallest absolute Gasteiger partial charge is 0.337 e. The van der Waals surface area contributed by atoms with Crippen LogP contribution in [0, 0.1) is 13.8 Å². The molecule has 5 nitrogen and oxygen atoms in total. The van der Waals surface area contributed by atoms with Crippen LogP contribution >= 0.6 is 0 Å². The molecule has 2 rings (SSSR count). The highest BCUT2D eigenvalue weighted by Gasteiger charge is 2.11. The second kappa shape index (κ2) is 5.52. The van der Waals surface area contributed by atoms with Crippen molar-refractivity contribution in [1.82, 2.24) is 4.98 Å². The summed E-state index contributed by atoms with van der Waals surface area (Å²) in [5.74, 6) is -1.36. The fourth-order valence-electron chi connectivity index (χ4n) is 1.82. The molecule has 0 radical (unpaired) electrons. The zero-order chi connectivity index (χ0) is 14.7. The van der Waals surface area contributed by atoms with Gasteiger partial charge in [0.05, 0.1) is 17.4 Å². The van der Waals surface area contributed by atoms with Gasteiger partial charge in [-0.25, -0.2) is 4.79 Å². The van der Waals surface area contributed by atoms with Gasteiger partial charge < -0.3 is 10.4 Å². The van der Waals surface area contributed by atoms with E-state index >= 15 is 0 Å². The van der Waals surface area contributed by atoms with Crippen molar-refractivity contribution >= 4 is 17.6 Å². The van der Waals surface area contributed by atoms with Gasteiger partial charge in [0.1, 0.15) is 0 Å². The number of anilines is 1. The summed E-state index contributed by atoms with van der Waals surface area (Å²) in [7, 11) is 0. The van der Waals surface area contributed by atoms with E-state index < -0.39 is 5.97 Å². The fraction of sp³-hybridized carbons (Fsp3) is 0.133. The normalized spacial score (nSPS) is 10.1. The number of nitrogens with one attached hydrogen (secondary N) is 1. The Labute approximate surface area is 116 Å². The van der Waals surface area contributed by atoms with Gasteiger partial charge in [0, 0.05) is 11.8 Å². The average molecular weight is 270 g/mol. The Balaban J connectivity index is 2.26. The number of aromatic carboxylic acids is 1. The molecule has 1 aromatic heterocycles. The standard InChI is InChI=1S/C15H14N2O3/c1-9-4-3-5-13(10(9)2)14(18)17-12-6-11(15(19)20)7-16-8-12/h3-8H,1-2H3,(H,17,18)(H,19,20). The first kappa shape index (κ1) is 13.7. The lowest BCUT2D eigenvalue weighted by Gasteiger charge is -2.09. The molecule has 2 N–H and O–H groups in total. The summed E-state index contributed by atoms with van der Waals surface area (Å²) in [6.07, 6.45) is 2.64. The molecule has 0 atom stereocenters. The maximum absolute atomic E-state index is 12.2. The van der Waals surface area contributed by atoms with Gasteiger partial charge in [-0.1, -0.05) is 12.1 Å². The number of carboxylic acid groups (broad SMARTS) is 1. The van der Waals surface area contributed by atoms with Crippen molar-refractivity contribution in [1.29, 1.82) is 0 Å². The molecule has 0 saturated heterocycles. The zero-order valence-electron chi connectivity index (χ0n) is 11.2. The quantitative estimate of drug-likeness (QED) is 0.898. The van der Waals surface area contributed by atoms with E-state index in [0.717, 1.165) is 11.1 Å². The van der Waals surface area contributed by atoms with Gasteiger partial charge in [-0.05, 0) is 37.1 Å². The molecule has 0 aliphatic heterocycles. The Hall–Kier alpha value is -2.69.